The summed E-state index contributed by atoms with van der Waals surface area (Å²) in [5, 5.41) is 0.437. The molecule has 0 heterocycles. The summed E-state index contributed by atoms with van der Waals surface area (Å²) in [5.41, 5.74) is 1.03. The third kappa shape index (κ3) is 4.01. The van der Waals surface area contributed by atoms with Crippen molar-refractivity contribution >= 4 is 21.9 Å². The fraction of sp³-hybridized carbons (Fsp3) is 0.364. The van der Waals surface area contributed by atoms with Crippen molar-refractivity contribution in [1.82, 2.24) is 0 Å². The first-order valence-corrected chi connectivity index (χ1v) is 5.69. The molecule has 0 aliphatic rings. The number of esters is 1. The van der Waals surface area contributed by atoms with Gasteiger partial charge in [0.2, 0.25) is 0 Å². The molecule has 0 amide bonds. The summed E-state index contributed by atoms with van der Waals surface area (Å²) in [4.78, 5) is 11.2. The highest BCUT2D eigenvalue weighted by molar-refractivity contribution is 9.09. The normalized spacial score (nSPS) is 12.1. The molecule has 0 N–H and O–H groups in total. The van der Waals surface area contributed by atoms with E-state index in [1.165, 1.54) is 7.11 Å². The molecule has 82 valence electrons. The van der Waals surface area contributed by atoms with E-state index in [-0.39, 0.29) is 5.97 Å². The molecule has 4 heteroatoms. The number of carbonyl (C=O) groups is 1. The number of alkyl halides is 1. The van der Waals surface area contributed by atoms with Gasteiger partial charge in [0.25, 0.3) is 0 Å². The van der Waals surface area contributed by atoms with Crippen molar-refractivity contribution in [1.29, 1.82) is 0 Å². The number of rotatable bonds is 5. The average Bonchev–Trinajstić information content (AvgIpc) is 2.31. The fourth-order valence-electron chi connectivity index (χ4n) is 1.08. The van der Waals surface area contributed by atoms with Gasteiger partial charge in [0.1, 0.15) is 0 Å². The van der Waals surface area contributed by atoms with E-state index >= 15 is 0 Å². The van der Waals surface area contributed by atoms with Crippen LogP contribution in [-0.4, -0.2) is 24.5 Å². The summed E-state index contributed by atoms with van der Waals surface area (Å²) in [6.45, 7) is 0.409. The third-order valence-corrected chi connectivity index (χ3v) is 2.49. The van der Waals surface area contributed by atoms with Crippen LogP contribution < -0.4 is 0 Å². The van der Waals surface area contributed by atoms with Crippen molar-refractivity contribution in [2.75, 3.05) is 12.4 Å². The second kappa shape index (κ2) is 6.58. The molecule has 0 aromatic heterocycles. The lowest BCUT2D eigenvalue weighted by atomic mass is 10.2. The standard InChI is InChI=1S/C11H13BrO3/c1-14-11(13)10(7-12)15-8-9-5-3-2-4-6-9/h2-6,10H,7-8H2,1H3. The molecule has 0 saturated heterocycles. The van der Waals surface area contributed by atoms with Gasteiger partial charge in [0.05, 0.1) is 13.7 Å². The van der Waals surface area contributed by atoms with Crippen molar-refractivity contribution in [3.8, 4) is 0 Å². The molecule has 0 bridgehead atoms. The highest BCUT2D eigenvalue weighted by atomic mass is 79.9. The monoisotopic (exact) mass is 272 g/mol. The minimum atomic E-state index is -0.546. The average molecular weight is 273 g/mol. The van der Waals surface area contributed by atoms with Crippen LogP contribution in [0.3, 0.4) is 0 Å². The van der Waals surface area contributed by atoms with Crippen LogP contribution in [0.2, 0.25) is 0 Å². The summed E-state index contributed by atoms with van der Waals surface area (Å²) in [6, 6.07) is 9.69. The third-order valence-electron chi connectivity index (χ3n) is 1.90. The van der Waals surface area contributed by atoms with Crippen LogP contribution in [0.5, 0.6) is 0 Å². The SMILES string of the molecule is COC(=O)C(CBr)OCc1ccccc1. The highest BCUT2D eigenvalue weighted by Gasteiger charge is 2.17. The smallest absolute Gasteiger partial charge is 0.335 e. The minimum Gasteiger partial charge on any atom is -0.467 e. The summed E-state index contributed by atoms with van der Waals surface area (Å²) in [7, 11) is 1.35. The van der Waals surface area contributed by atoms with Crippen molar-refractivity contribution in [3.63, 3.8) is 0 Å². The number of hydrogen-bond acceptors (Lipinski definition) is 3. The molecule has 0 aliphatic heterocycles. The molecule has 1 aromatic rings. The Morgan fingerprint density at radius 1 is 1.40 bits per heavy atom. The number of benzene rings is 1. The Kier molecular flexibility index (Phi) is 5.36. The highest BCUT2D eigenvalue weighted by Crippen LogP contribution is 2.06. The maximum Gasteiger partial charge on any atom is 0.335 e. The van der Waals surface area contributed by atoms with E-state index in [0.29, 0.717) is 11.9 Å². The Morgan fingerprint density at radius 2 is 2.07 bits per heavy atom. The van der Waals surface area contributed by atoms with Crippen molar-refractivity contribution in [2.45, 2.75) is 12.7 Å². The molecule has 0 aliphatic carbocycles. The number of halogens is 1. The quantitative estimate of drug-likeness (QED) is 0.609. The first kappa shape index (κ1) is 12.2. The molecule has 1 unspecified atom stereocenters. The lowest BCUT2D eigenvalue weighted by Gasteiger charge is -2.12. The zero-order chi connectivity index (χ0) is 11.1. The van der Waals surface area contributed by atoms with E-state index in [1.54, 1.807) is 0 Å². The molecule has 0 radical (unpaired) electrons. The Morgan fingerprint density at radius 3 is 2.60 bits per heavy atom. The first-order chi connectivity index (χ1) is 7.27. The van der Waals surface area contributed by atoms with Crippen molar-refractivity contribution < 1.29 is 14.3 Å². The minimum absolute atomic E-state index is 0.359. The maximum absolute atomic E-state index is 11.2. The number of hydrogen-bond donors (Lipinski definition) is 0. The van der Waals surface area contributed by atoms with Crippen molar-refractivity contribution in [2.24, 2.45) is 0 Å². The fourth-order valence-corrected chi connectivity index (χ4v) is 1.53. The second-order valence-electron chi connectivity index (χ2n) is 2.96. The Hall–Kier alpha value is -0.870. The van der Waals surface area contributed by atoms with E-state index in [9.17, 15) is 4.79 Å². The largest absolute Gasteiger partial charge is 0.467 e. The Balaban J connectivity index is 2.44. The van der Waals surface area contributed by atoms with Crippen LogP contribution in [0.1, 0.15) is 5.56 Å². The van der Waals surface area contributed by atoms with Crippen molar-refractivity contribution in [3.05, 3.63) is 35.9 Å². The molecular weight excluding hydrogens is 260 g/mol. The van der Waals surface area contributed by atoms with Crippen LogP contribution in [0.25, 0.3) is 0 Å². The Bertz CT molecular complexity index is 300. The van der Waals surface area contributed by atoms with Gasteiger partial charge in [-0.25, -0.2) is 4.79 Å². The molecule has 15 heavy (non-hydrogen) atoms. The molecule has 1 aromatic carbocycles. The van der Waals surface area contributed by atoms with Gasteiger partial charge in [-0.1, -0.05) is 46.3 Å². The summed E-state index contributed by atoms with van der Waals surface area (Å²) >= 11 is 3.20. The van der Waals surface area contributed by atoms with Gasteiger partial charge in [-0.05, 0) is 5.56 Å². The van der Waals surface area contributed by atoms with E-state index in [1.807, 2.05) is 30.3 Å². The van der Waals surface area contributed by atoms with Gasteiger partial charge in [0.15, 0.2) is 6.10 Å². The van der Waals surface area contributed by atoms with Crippen LogP contribution >= 0.6 is 15.9 Å². The van der Waals surface area contributed by atoms with Crippen LogP contribution in [0.4, 0.5) is 0 Å². The molecule has 3 nitrogen and oxygen atoms in total. The van der Waals surface area contributed by atoms with Gasteiger partial charge in [-0.3, -0.25) is 0 Å². The van der Waals surface area contributed by atoms with E-state index in [2.05, 4.69) is 20.7 Å². The zero-order valence-electron chi connectivity index (χ0n) is 8.48. The predicted octanol–water partition coefficient (Wildman–Crippen LogP) is 2.14. The van der Waals surface area contributed by atoms with Crippen LogP contribution in [-0.2, 0) is 20.9 Å². The number of carbonyl (C=O) groups excluding carboxylic acids is 1. The van der Waals surface area contributed by atoms with E-state index in [4.69, 9.17) is 4.74 Å². The molecule has 1 rings (SSSR count). The van der Waals surface area contributed by atoms with E-state index in [0.717, 1.165) is 5.56 Å². The van der Waals surface area contributed by atoms with Gasteiger partial charge in [-0.15, -0.1) is 0 Å². The maximum atomic E-state index is 11.2. The molecular formula is C11H13BrO3. The lowest BCUT2D eigenvalue weighted by molar-refractivity contribution is -0.153. The molecule has 0 fully saturated rings. The van der Waals surface area contributed by atoms with Crippen LogP contribution in [0, 0.1) is 0 Å². The van der Waals surface area contributed by atoms with Gasteiger partial charge in [0, 0.05) is 5.33 Å². The Labute approximate surface area is 97.5 Å². The lowest BCUT2D eigenvalue weighted by Crippen LogP contribution is -2.26. The first-order valence-electron chi connectivity index (χ1n) is 4.57. The number of ether oxygens (including phenoxy) is 2. The molecule has 0 saturated carbocycles. The number of methoxy groups -OCH3 is 1. The van der Waals surface area contributed by atoms with Crippen LogP contribution in [0.15, 0.2) is 30.3 Å². The topological polar surface area (TPSA) is 35.5 Å². The molecule has 1 atom stereocenters. The molecule has 0 spiro atoms. The van der Waals surface area contributed by atoms with Gasteiger partial charge in [-0.2, -0.15) is 0 Å². The predicted molar refractivity (Wildman–Crippen MR) is 60.8 cm³/mol. The van der Waals surface area contributed by atoms with E-state index < -0.39 is 6.10 Å². The summed E-state index contributed by atoms with van der Waals surface area (Å²) in [5.74, 6) is -0.359. The second-order valence-corrected chi connectivity index (χ2v) is 3.61. The summed E-state index contributed by atoms with van der Waals surface area (Å²) < 4.78 is 10.0. The van der Waals surface area contributed by atoms with Gasteiger partial charge < -0.3 is 9.47 Å². The van der Waals surface area contributed by atoms with Gasteiger partial charge >= 0.3 is 5.97 Å². The zero-order valence-corrected chi connectivity index (χ0v) is 10.1. The summed E-state index contributed by atoms with van der Waals surface area (Å²) in [6.07, 6.45) is -0.546.